The van der Waals surface area contributed by atoms with Gasteiger partial charge in [-0.25, -0.2) is 0 Å². The van der Waals surface area contributed by atoms with Crippen molar-refractivity contribution >= 4 is 5.91 Å². The Morgan fingerprint density at radius 2 is 0.738 bits per heavy atom. The average molecular weight is 844 g/mol. The molecule has 0 aliphatic heterocycles. The van der Waals surface area contributed by atoms with E-state index in [1.54, 1.807) is 6.08 Å². The largest absolute Gasteiger partial charge is 0.394 e. The lowest BCUT2D eigenvalue weighted by Crippen LogP contribution is -2.45. The lowest BCUT2D eigenvalue weighted by Gasteiger charge is -2.19. The van der Waals surface area contributed by atoms with E-state index in [4.69, 9.17) is 0 Å². The molecule has 4 nitrogen and oxygen atoms in total. The van der Waals surface area contributed by atoms with Crippen LogP contribution in [0, 0.1) is 0 Å². The minimum Gasteiger partial charge on any atom is -0.394 e. The van der Waals surface area contributed by atoms with Crippen LogP contribution in [0.3, 0.4) is 0 Å². The van der Waals surface area contributed by atoms with Crippen LogP contribution in [0.4, 0.5) is 0 Å². The van der Waals surface area contributed by atoms with Crippen LogP contribution >= 0.6 is 0 Å². The second-order valence-electron chi connectivity index (χ2n) is 16.8. The van der Waals surface area contributed by atoms with Crippen molar-refractivity contribution < 1.29 is 15.0 Å². The van der Waals surface area contributed by atoms with Gasteiger partial charge in [0.1, 0.15) is 0 Å². The lowest BCUT2D eigenvalue weighted by molar-refractivity contribution is -0.123. The van der Waals surface area contributed by atoms with Crippen LogP contribution < -0.4 is 5.32 Å². The maximum absolute atomic E-state index is 12.4. The van der Waals surface area contributed by atoms with E-state index in [1.807, 2.05) is 6.08 Å². The first-order valence-corrected chi connectivity index (χ1v) is 25.6. The number of rotatable bonds is 45. The first kappa shape index (κ1) is 58.1. The minimum absolute atomic E-state index is 0.0821. The van der Waals surface area contributed by atoms with Crippen molar-refractivity contribution in [3.8, 4) is 0 Å². The summed E-state index contributed by atoms with van der Waals surface area (Å²) in [5.41, 5.74) is 0. The fourth-order valence-electron chi connectivity index (χ4n) is 7.10. The summed E-state index contributed by atoms with van der Waals surface area (Å²) in [5, 5.41) is 23.0. The highest BCUT2D eigenvalue weighted by Gasteiger charge is 2.17. The van der Waals surface area contributed by atoms with Crippen LogP contribution in [-0.4, -0.2) is 34.9 Å². The molecule has 0 rings (SSSR count). The Hall–Kier alpha value is -2.95. The van der Waals surface area contributed by atoms with Crippen molar-refractivity contribution in [3.63, 3.8) is 0 Å². The molecule has 2 unspecified atom stereocenters. The van der Waals surface area contributed by atoms with E-state index in [2.05, 4.69) is 116 Å². The molecule has 0 heterocycles. The number of amides is 1. The molecule has 0 radical (unpaired) electrons. The van der Waals surface area contributed by atoms with Crippen molar-refractivity contribution in [2.45, 2.75) is 238 Å². The minimum atomic E-state index is -0.874. The van der Waals surface area contributed by atoms with Crippen LogP contribution in [-0.2, 0) is 4.79 Å². The summed E-state index contributed by atoms with van der Waals surface area (Å²) >= 11 is 0. The van der Waals surface area contributed by atoms with Crippen LogP contribution in [0.2, 0.25) is 0 Å². The highest BCUT2D eigenvalue weighted by molar-refractivity contribution is 5.76. The van der Waals surface area contributed by atoms with Crippen molar-refractivity contribution in [3.05, 3.63) is 109 Å². The van der Waals surface area contributed by atoms with Crippen molar-refractivity contribution in [2.75, 3.05) is 6.61 Å². The van der Waals surface area contributed by atoms with Gasteiger partial charge in [-0.15, -0.1) is 0 Å². The maximum atomic E-state index is 12.4. The second-order valence-corrected chi connectivity index (χ2v) is 16.8. The number of hydrogen-bond donors (Lipinski definition) is 3. The number of carbonyl (C=O) groups excluding carboxylic acids is 1. The number of aliphatic hydroxyl groups is 2. The number of aliphatic hydroxyl groups excluding tert-OH is 2. The van der Waals surface area contributed by atoms with E-state index < -0.39 is 12.1 Å². The standard InChI is InChI=1S/C57H97NO3/c1-3-5-7-9-11-13-15-17-19-20-21-22-23-24-25-26-27-28-29-30-31-32-33-34-35-36-37-38-39-41-43-45-47-49-51-53-57(61)58-55(54-59)56(60)52-50-48-46-44-42-40-18-16-14-12-10-8-6-4-2/h5,7,11,13-14,16-17,19,21-22,24-25,27-28,42,44,50,52,55-56,59-60H,3-4,6,8-10,12,15,18,20,23,26,29-41,43,45-49,51,53-54H2,1-2H3,(H,58,61)/b7-5-,13-11-,16-14+,19-17-,22-21-,25-24-,28-27-,44-42+,52-50+. The van der Waals surface area contributed by atoms with E-state index in [-0.39, 0.29) is 12.5 Å². The van der Waals surface area contributed by atoms with Gasteiger partial charge in [-0.2, -0.15) is 0 Å². The summed E-state index contributed by atoms with van der Waals surface area (Å²) in [4.78, 5) is 12.4. The summed E-state index contributed by atoms with van der Waals surface area (Å²) in [6.45, 7) is 4.15. The summed E-state index contributed by atoms with van der Waals surface area (Å²) in [6.07, 6.45) is 78.0. The van der Waals surface area contributed by atoms with E-state index in [9.17, 15) is 15.0 Å². The summed E-state index contributed by atoms with van der Waals surface area (Å²) in [5.74, 6) is -0.0821. The number of allylic oxidation sites excluding steroid dienone is 17. The zero-order valence-electron chi connectivity index (χ0n) is 39.9. The molecule has 0 aromatic carbocycles. The Morgan fingerprint density at radius 1 is 0.410 bits per heavy atom. The predicted molar refractivity (Wildman–Crippen MR) is 271 cm³/mol. The number of hydrogen-bond acceptors (Lipinski definition) is 3. The van der Waals surface area contributed by atoms with Gasteiger partial charge in [0.25, 0.3) is 0 Å². The summed E-state index contributed by atoms with van der Waals surface area (Å²) in [6, 6.07) is -0.650. The molecule has 0 saturated carbocycles. The van der Waals surface area contributed by atoms with Gasteiger partial charge in [0.2, 0.25) is 5.91 Å². The Kier molecular flexibility index (Phi) is 48.9. The highest BCUT2D eigenvalue weighted by Crippen LogP contribution is 2.15. The normalized spacial score (nSPS) is 13.8. The Morgan fingerprint density at radius 3 is 1.15 bits per heavy atom. The fraction of sp³-hybridized carbons (Fsp3) is 0.667. The van der Waals surface area contributed by atoms with Crippen molar-refractivity contribution in [1.29, 1.82) is 0 Å². The van der Waals surface area contributed by atoms with Gasteiger partial charge in [0.15, 0.2) is 0 Å². The number of carbonyl (C=O) groups is 1. The van der Waals surface area contributed by atoms with Gasteiger partial charge in [-0.1, -0.05) is 232 Å². The SMILES string of the molecule is CC/C=C\C/C=C\C/C=C\C/C=C\C/C=C\C/C=C\CCCCCCCCCCCCCCCCCCC(=O)NC(CO)C(O)/C=C/CC/C=C/CC/C=C/CCCCCC. The molecular formula is C57H97NO3. The summed E-state index contributed by atoms with van der Waals surface area (Å²) in [7, 11) is 0. The number of unbranched alkanes of at least 4 members (excludes halogenated alkanes) is 22. The van der Waals surface area contributed by atoms with E-state index >= 15 is 0 Å². The van der Waals surface area contributed by atoms with Crippen molar-refractivity contribution in [2.24, 2.45) is 0 Å². The number of nitrogens with one attached hydrogen (secondary N) is 1. The van der Waals surface area contributed by atoms with E-state index in [1.165, 1.54) is 128 Å². The van der Waals surface area contributed by atoms with Gasteiger partial charge < -0.3 is 15.5 Å². The average Bonchev–Trinajstić information content (AvgIpc) is 3.26. The van der Waals surface area contributed by atoms with E-state index in [0.29, 0.717) is 6.42 Å². The zero-order chi connectivity index (χ0) is 44.2. The Balaban J connectivity index is 3.55. The molecule has 61 heavy (non-hydrogen) atoms. The van der Waals surface area contributed by atoms with Crippen LogP contribution in [0.25, 0.3) is 0 Å². The molecule has 0 bridgehead atoms. The molecule has 4 heteroatoms. The molecule has 0 aromatic rings. The molecule has 0 spiro atoms. The quantitative estimate of drug-likeness (QED) is 0.0422. The molecular weight excluding hydrogens is 747 g/mol. The Bertz CT molecular complexity index is 1180. The van der Waals surface area contributed by atoms with Gasteiger partial charge >= 0.3 is 0 Å². The molecule has 0 aliphatic rings. The third-order valence-electron chi connectivity index (χ3n) is 11.0. The topological polar surface area (TPSA) is 69.6 Å². The van der Waals surface area contributed by atoms with E-state index in [0.717, 1.165) is 77.0 Å². The van der Waals surface area contributed by atoms with Crippen molar-refractivity contribution in [1.82, 2.24) is 5.32 Å². The first-order chi connectivity index (χ1) is 30.2. The molecule has 2 atom stereocenters. The third-order valence-corrected chi connectivity index (χ3v) is 11.0. The zero-order valence-corrected chi connectivity index (χ0v) is 39.9. The third kappa shape index (κ3) is 47.9. The Labute approximate surface area is 378 Å². The molecule has 3 N–H and O–H groups in total. The van der Waals surface area contributed by atoms with Crippen LogP contribution in [0.5, 0.6) is 0 Å². The van der Waals surface area contributed by atoms with Gasteiger partial charge in [0, 0.05) is 6.42 Å². The fourth-order valence-corrected chi connectivity index (χ4v) is 7.10. The van der Waals surface area contributed by atoms with Crippen LogP contribution in [0.1, 0.15) is 226 Å². The maximum Gasteiger partial charge on any atom is 0.220 e. The molecule has 0 saturated heterocycles. The molecule has 0 fully saturated rings. The lowest BCUT2D eigenvalue weighted by atomic mass is 10.0. The first-order valence-electron chi connectivity index (χ1n) is 25.6. The summed E-state index contributed by atoms with van der Waals surface area (Å²) < 4.78 is 0. The smallest absolute Gasteiger partial charge is 0.220 e. The molecule has 1 amide bonds. The van der Waals surface area contributed by atoms with Crippen LogP contribution in [0.15, 0.2) is 109 Å². The van der Waals surface area contributed by atoms with Gasteiger partial charge in [-0.05, 0) is 96.3 Å². The highest BCUT2D eigenvalue weighted by atomic mass is 16.3. The monoisotopic (exact) mass is 844 g/mol. The molecule has 348 valence electrons. The molecule has 0 aromatic heterocycles. The van der Waals surface area contributed by atoms with Gasteiger partial charge in [-0.3, -0.25) is 4.79 Å². The van der Waals surface area contributed by atoms with Gasteiger partial charge in [0.05, 0.1) is 18.8 Å². The second kappa shape index (κ2) is 51.4. The predicted octanol–water partition coefficient (Wildman–Crippen LogP) is 16.7. The molecule has 0 aliphatic carbocycles.